The third-order valence-electron chi connectivity index (χ3n) is 2.53. The van der Waals surface area contributed by atoms with Gasteiger partial charge in [-0.3, -0.25) is 9.59 Å². The number of hydrogen-bond donors (Lipinski definition) is 4. The Kier molecular flexibility index (Phi) is 6.80. The van der Waals surface area contributed by atoms with Crippen molar-refractivity contribution in [2.24, 2.45) is 0 Å². The van der Waals surface area contributed by atoms with Crippen LogP contribution in [-0.4, -0.2) is 39.7 Å². The van der Waals surface area contributed by atoms with Gasteiger partial charge < -0.3 is 20.6 Å². The molecule has 0 saturated heterocycles. The van der Waals surface area contributed by atoms with Gasteiger partial charge >= 0.3 is 11.9 Å². The molecule has 2 rings (SSSR count). The number of nitrogens with one attached hydrogen (secondary N) is 1. The molecule has 120 valence electrons. The van der Waals surface area contributed by atoms with E-state index in [4.69, 9.17) is 15.3 Å². The lowest BCUT2D eigenvalue weighted by Crippen LogP contribution is -2.29. The van der Waals surface area contributed by atoms with Gasteiger partial charge in [0.25, 0.3) is 5.91 Å². The molecule has 0 aromatic heterocycles. The number of phenols is 1. The molecule has 0 unspecified atom stereocenters. The van der Waals surface area contributed by atoms with E-state index in [0.717, 1.165) is 0 Å². The number of carbonyl (C=O) groups is 3. The average molecular weight is 317 g/mol. The molecule has 2 aromatic rings. The Bertz CT molecular complexity index is 684. The van der Waals surface area contributed by atoms with Crippen LogP contribution in [0.4, 0.5) is 0 Å². The van der Waals surface area contributed by atoms with Crippen molar-refractivity contribution < 1.29 is 29.7 Å². The van der Waals surface area contributed by atoms with Crippen LogP contribution in [-0.2, 0) is 4.79 Å². The van der Waals surface area contributed by atoms with E-state index in [2.05, 4.69) is 5.32 Å². The molecule has 4 N–H and O–H groups in total. The first-order chi connectivity index (χ1) is 10.9. The number of rotatable bonds is 4. The normalized spacial score (nSPS) is 9.22. The Labute approximate surface area is 131 Å². The second-order valence-corrected chi connectivity index (χ2v) is 4.30. The van der Waals surface area contributed by atoms with Gasteiger partial charge in [0.1, 0.15) is 12.3 Å². The van der Waals surface area contributed by atoms with Crippen molar-refractivity contribution in [3.8, 4) is 5.75 Å². The quantitative estimate of drug-likeness (QED) is 0.679. The van der Waals surface area contributed by atoms with Gasteiger partial charge in [-0.25, -0.2) is 4.79 Å². The van der Waals surface area contributed by atoms with Crippen LogP contribution in [0.2, 0.25) is 0 Å². The monoisotopic (exact) mass is 317 g/mol. The molecule has 23 heavy (non-hydrogen) atoms. The molecule has 0 aliphatic carbocycles. The summed E-state index contributed by atoms with van der Waals surface area (Å²) >= 11 is 0. The molecule has 0 saturated carbocycles. The van der Waals surface area contributed by atoms with E-state index in [1.807, 2.05) is 0 Å². The van der Waals surface area contributed by atoms with E-state index in [-0.39, 0.29) is 11.3 Å². The summed E-state index contributed by atoms with van der Waals surface area (Å²) in [6.07, 6.45) is 0. The van der Waals surface area contributed by atoms with Crippen LogP contribution in [0, 0.1) is 0 Å². The summed E-state index contributed by atoms with van der Waals surface area (Å²) in [7, 11) is 0. The third kappa shape index (κ3) is 6.76. The number of aliphatic carboxylic acids is 1. The van der Waals surface area contributed by atoms with Crippen molar-refractivity contribution in [3.05, 3.63) is 65.7 Å². The molecule has 0 radical (unpaired) electrons. The first-order valence-electron chi connectivity index (χ1n) is 6.47. The highest BCUT2D eigenvalue weighted by Gasteiger charge is 2.06. The fraction of sp³-hybridized carbons (Fsp3) is 0.0625. The minimum absolute atomic E-state index is 0.0343. The topological polar surface area (TPSA) is 124 Å². The first kappa shape index (κ1) is 17.7. The molecule has 7 heteroatoms. The number of benzene rings is 2. The number of carbonyl (C=O) groups excluding carboxylic acids is 1. The molecule has 1 amide bonds. The van der Waals surface area contributed by atoms with Gasteiger partial charge in [-0.05, 0) is 30.3 Å². The Morgan fingerprint density at radius 3 is 1.96 bits per heavy atom. The lowest BCUT2D eigenvalue weighted by atomic mass is 10.2. The molecule has 0 aliphatic rings. The van der Waals surface area contributed by atoms with Crippen LogP contribution >= 0.6 is 0 Å². The molecule has 0 fully saturated rings. The average Bonchev–Trinajstić information content (AvgIpc) is 2.54. The summed E-state index contributed by atoms with van der Waals surface area (Å²) in [6, 6.07) is 14.0. The Morgan fingerprint density at radius 1 is 0.870 bits per heavy atom. The number of carboxylic acid groups (broad SMARTS) is 2. The van der Waals surface area contributed by atoms with Gasteiger partial charge in [0.2, 0.25) is 0 Å². The number of phenolic OH excluding ortho intramolecular Hbond substituents is 1. The predicted octanol–water partition coefficient (Wildman–Crippen LogP) is 1.59. The van der Waals surface area contributed by atoms with E-state index < -0.39 is 24.4 Å². The van der Waals surface area contributed by atoms with Crippen LogP contribution < -0.4 is 5.32 Å². The molecule has 0 spiro atoms. The van der Waals surface area contributed by atoms with E-state index in [0.29, 0.717) is 5.56 Å². The Hall–Kier alpha value is -3.35. The summed E-state index contributed by atoms with van der Waals surface area (Å²) < 4.78 is 0. The third-order valence-corrected chi connectivity index (χ3v) is 2.53. The molecular weight excluding hydrogens is 302 g/mol. The number of aromatic carboxylic acids is 1. The molecule has 7 nitrogen and oxygen atoms in total. The molecule has 0 aliphatic heterocycles. The zero-order valence-electron chi connectivity index (χ0n) is 12.0. The van der Waals surface area contributed by atoms with Crippen LogP contribution in [0.25, 0.3) is 0 Å². The standard InChI is InChI=1S/C9H9NO4.C7H6O2/c11-7-3-1-2-6(4-7)9(14)10-5-8(12)13;8-7(9)6-4-2-1-3-5-6/h1-4,11H,5H2,(H,10,14)(H,12,13);1-5H,(H,8,9). The number of aromatic hydroxyl groups is 1. The van der Waals surface area contributed by atoms with Crippen molar-refractivity contribution in [3.63, 3.8) is 0 Å². The van der Waals surface area contributed by atoms with Crippen molar-refractivity contribution in [2.75, 3.05) is 6.54 Å². The van der Waals surface area contributed by atoms with Gasteiger partial charge in [-0.1, -0.05) is 24.3 Å². The van der Waals surface area contributed by atoms with Gasteiger partial charge in [0.05, 0.1) is 5.56 Å². The number of hydrogen-bond acceptors (Lipinski definition) is 4. The van der Waals surface area contributed by atoms with Crippen molar-refractivity contribution in [2.45, 2.75) is 0 Å². The van der Waals surface area contributed by atoms with Crippen LogP contribution in [0.3, 0.4) is 0 Å². The van der Waals surface area contributed by atoms with E-state index in [1.165, 1.54) is 24.3 Å². The SMILES string of the molecule is O=C(O)CNC(=O)c1cccc(O)c1.O=C(O)c1ccccc1. The van der Waals surface area contributed by atoms with Crippen LogP contribution in [0.15, 0.2) is 54.6 Å². The molecule has 0 heterocycles. The highest BCUT2D eigenvalue weighted by Crippen LogP contribution is 2.10. The minimum Gasteiger partial charge on any atom is -0.508 e. The highest BCUT2D eigenvalue weighted by atomic mass is 16.4. The maximum atomic E-state index is 11.2. The maximum absolute atomic E-state index is 11.2. The Balaban J connectivity index is 0.000000253. The summed E-state index contributed by atoms with van der Waals surface area (Å²) in [5, 5.41) is 27.9. The fourth-order valence-electron chi connectivity index (χ4n) is 1.49. The zero-order chi connectivity index (χ0) is 17.2. The predicted molar refractivity (Wildman–Crippen MR) is 81.5 cm³/mol. The number of amides is 1. The summed E-state index contributed by atoms with van der Waals surface area (Å²) in [5.41, 5.74) is 0.559. The van der Waals surface area contributed by atoms with Gasteiger partial charge in [-0.2, -0.15) is 0 Å². The maximum Gasteiger partial charge on any atom is 0.335 e. The van der Waals surface area contributed by atoms with Crippen molar-refractivity contribution >= 4 is 17.8 Å². The number of carboxylic acids is 2. The van der Waals surface area contributed by atoms with E-state index in [1.54, 1.807) is 30.3 Å². The second kappa shape index (κ2) is 8.83. The lowest BCUT2D eigenvalue weighted by molar-refractivity contribution is -0.135. The zero-order valence-corrected chi connectivity index (χ0v) is 12.0. The summed E-state index contributed by atoms with van der Waals surface area (Å²) in [5.74, 6) is -2.55. The second-order valence-electron chi connectivity index (χ2n) is 4.30. The van der Waals surface area contributed by atoms with Gasteiger partial charge in [0, 0.05) is 5.56 Å². The fourth-order valence-corrected chi connectivity index (χ4v) is 1.49. The molecule has 2 aromatic carbocycles. The van der Waals surface area contributed by atoms with Gasteiger partial charge in [-0.15, -0.1) is 0 Å². The summed E-state index contributed by atoms with van der Waals surface area (Å²) in [6.45, 7) is -0.436. The smallest absolute Gasteiger partial charge is 0.335 e. The van der Waals surface area contributed by atoms with E-state index in [9.17, 15) is 14.4 Å². The first-order valence-corrected chi connectivity index (χ1v) is 6.47. The summed E-state index contributed by atoms with van der Waals surface area (Å²) in [4.78, 5) is 31.6. The lowest BCUT2D eigenvalue weighted by Gasteiger charge is -2.01. The Morgan fingerprint density at radius 2 is 1.48 bits per heavy atom. The highest BCUT2D eigenvalue weighted by molar-refractivity contribution is 5.96. The van der Waals surface area contributed by atoms with Gasteiger partial charge in [0.15, 0.2) is 0 Å². The van der Waals surface area contributed by atoms with Crippen LogP contribution in [0.5, 0.6) is 5.75 Å². The molecular formula is C16H15NO6. The minimum atomic E-state index is -1.11. The largest absolute Gasteiger partial charge is 0.508 e. The molecule has 0 bridgehead atoms. The van der Waals surface area contributed by atoms with Crippen LogP contribution in [0.1, 0.15) is 20.7 Å². The van der Waals surface area contributed by atoms with Crippen molar-refractivity contribution in [1.29, 1.82) is 0 Å². The van der Waals surface area contributed by atoms with E-state index >= 15 is 0 Å². The molecule has 0 atom stereocenters. The van der Waals surface area contributed by atoms with Crippen molar-refractivity contribution in [1.82, 2.24) is 5.32 Å².